The fraction of sp³-hybridized carbons (Fsp3) is 0.160. The number of anilines is 1. The third-order valence-corrected chi connectivity index (χ3v) is 5.93. The predicted molar refractivity (Wildman–Crippen MR) is 133 cm³/mol. The van der Waals surface area contributed by atoms with Crippen molar-refractivity contribution < 1.29 is 13.3 Å². The van der Waals surface area contributed by atoms with E-state index in [-0.39, 0.29) is 27.9 Å². The molecule has 0 saturated heterocycles. The van der Waals surface area contributed by atoms with Crippen LogP contribution in [0.2, 0.25) is 5.15 Å². The molecule has 4 heterocycles. The van der Waals surface area contributed by atoms with E-state index in [0.29, 0.717) is 33.5 Å². The Morgan fingerprint density at radius 2 is 1.94 bits per heavy atom. The number of aryl methyl sites for hydroxylation is 1. The van der Waals surface area contributed by atoms with Crippen molar-refractivity contribution in [3.63, 3.8) is 0 Å². The van der Waals surface area contributed by atoms with E-state index in [2.05, 4.69) is 29.9 Å². The number of rotatable bonds is 5. The Kier molecular flexibility index (Phi) is 5.89. The topological polar surface area (TPSA) is 127 Å². The lowest BCUT2D eigenvalue weighted by atomic mass is 9.99. The van der Waals surface area contributed by atoms with Crippen LogP contribution >= 0.6 is 11.6 Å². The number of aromatic amines is 1. The normalized spacial score (nSPS) is 12.1. The van der Waals surface area contributed by atoms with Gasteiger partial charge in [-0.3, -0.25) is 14.3 Å². The molecular formula is C25H19ClFN5O4. The summed E-state index contributed by atoms with van der Waals surface area (Å²) in [6.07, 6.45) is 1.07. The van der Waals surface area contributed by atoms with Crippen molar-refractivity contribution in [2.24, 2.45) is 0 Å². The molecule has 0 bridgehead atoms. The molecule has 5 rings (SSSR count). The maximum Gasteiger partial charge on any atom is 0.439 e. The molecule has 0 spiro atoms. The van der Waals surface area contributed by atoms with Gasteiger partial charge < -0.3 is 9.73 Å². The first-order valence-corrected chi connectivity index (χ1v) is 11.3. The third-order valence-electron chi connectivity index (χ3n) is 5.72. The summed E-state index contributed by atoms with van der Waals surface area (Å²) >= 11 is 6.08. The minimum absolute atomic E-state index is 0.109. The lowest BCUT2D eigenvalue weighted by Crippen LogP contribution is -2.13. The van der Waals surface area contributed by atoms with Crippen LogP contribution in [0, 0.1) is 19.7 Å². The van der Waals surface area contributed by atoms with Crippen molar-refractivity contribution in [3.8, 4) is 23.0 Å². The predicted octanol–water partition coefficient (Wildman–Crippen LogP) is 5.18. The molecule has 9 nitrogen and oxygen atoms in total. The van der Waals surface area contributed by atoms with Crippen LogP contribution in [0.1, 0.15) is 29.7 Å². The average Bonchev–Trinajstić information content (AvgIpc) is 3.29. The molecule has 0 aliphatic rings. The van der Waals surface area contributed by atoms with Crippen molar-refractivity contribution in [2.45, 2.75) is 26.8 Å². The largest absolute Gasteiger partial charge is 0.454 e. The van der Waals surface area contributed by atoms with Gasteiger partial charge in [-0.05, 0) is 56.7 Å². The number of hydrogen-bond acceptors (Lipinski definition) is 8. The van der Waals surface area contributed by atoms with Crippen LogP contribution in [0.3, 0.4) is 0 Å². The number of nitrogens with zero attached hydrogens (tertiary/aromatic N) is 3. The maximum atomic E-state index is 13.4. The van der Waals surface area contributed by atoms with Crippen LogP contribution in [-0.4, -0.2) is 20.1 Å². The summed E-state index contributed by atoms with van der Waals surface area (Å²) in [5.74, 6) is -0.846. The first-order valence-electron chi connectivity index (χ1n) is 10.9. The molecule has 11 heteroatoms. The van der Waals surface area contributed by atoms with Gasteiger partial charge in [0.1, 0.15) is 27.9 Å². The Balaban J connectivity index is 1.64. The molecule has 0 aliphatic heterocycles. The highest BCUT2D eigenvalue weighted by Crippen LogP contribution is 2.33. The number of benzene rings is 1. The monoisotopic (exact) mass is 507 g/mol. The lowest BCUT2D eigenvalue weighted by molar-refractivity contribution is 0.388. The highest BCUT2D eigenvalue weighted by atomic mass is 35.5. The van der Waals surface area contributed by atoms with E-state index >= 15 is 0 Å². The fourth-order valence-corrected chi connectivity index (χ4v) is 4.17. The molecule has 0 radical (unpaired) electrons. The van der Waals surface area contributed by atoms with Gasteiger partial charge in [0.05, 0.1) is 23.3 Å². The van der Waals surface area contributed by atoms with E-state index in [1.807, 2.05) is 19.9 Å². The second-order valence-corrected chi connectivity index (χ2v) is 8.70. The molecule has 1 aromatic carbocycles. The van der Waals surface area contributed by atoms with Crippen molar-refractivity contribution >= 4 is 28.3 Å². The molecule has 2 N–H and O–H groups in total. The number of H-pyrrole nitrogens is 1. The Morgan fingerprint density at radius 3 is 2.64 bits per heavy atom. The van der Waals surface area contributed by atoms with Gasteiger partial charge in [0.2, 0.25) is 5.82 Å². The van der Waals surface area contributed by atoms with Crippen molar-refractivity contribution in [1.82, 2.24) is 20.1 Å². The number of fused-ring (bicyclic) bond motifs is 1. The third kappa shape index (κ3) is 4.27. The van der Waals surface area contributed by atoms with Gasteiger partial charge in [0.25, 0.3) is 0 Å². The minimum Gasteiger partial charge on any atom is -0.454 e. The average molecular weight is 508 g/mol. The summed E-state index contributed by atoms with van der Waals surface area (Å²) in [4.78, 5) is 35.6. The maximum absolute atomic E-state index is 13.4. The van der Waals surface area contributed by atoms with Crippen LogP contribution < -0.4 is 16.5 Å². The summed E-state index contributed by atoms with van der Waals surface area (Å²) < 4.78 is 24.3. The Hall–Kier alpha value is -4.31. The fourth-order valence-electron chi connectivity index (χ4n) is 4.02. The molecular weight excluding hydrogens is 489 g/mol. The zero-order valence-electron chi connectivity index (χ0n) is 19.3. The van der Waals surface area contributed by atoms with Gasteiger partial charge in [-0.15, -0.1) is 0 Å². The number of nitrogens with one attached hydrogen (secondary N) is 2. The molecule has 0 unspecified atom stereocenters. The molecule has 182 valence electrons. The van der Waals surface area contributed by atoms with Gasteiger partial charge in [-0.1, -0.05) is 22.8 Å². The van der Waals surface area contributed by atoms with Gasteiger partial charge in [-0.25, -0.2) is 19.2 Å². The lowest BCUT2D eigenvalue weighted by Gasteiger charge is -2.20. The molecule has 0 saturated carbocycles. The molecule has 36 heavy (non-hydrogen) atoms. The Bertz CT molecular complexity index is 1730. The quantitative estimate of drug-likeness (QED) is 0.312. The SMILES string of the molecule is Cc1cc([C@@H](C)Nc2ccc(Cl)nc2-c2noc(=O)[nH]2)c2oc(-c3ccc(F)cn3)c(C)c(=O)c2c1. The van der Waals surface area contributed by atoms with Crippen molar-refractivity contribution in [2.75, 3.05) is 5.32 Å². The highest BCUT2D eigenvalue weighted by molar-refractivity contribution is 6.29. The summed E-state index contributed by atoms with van der Waals surface area (Å²) in [5.41, 5.74) is 3.24. The van der Waals surface area contributed by atoms with E-state index < -0.39 is 17.6 Å². The summed E-state index contributed by atoms with van der Waals surface area (Å²) in [7, 11) is 0. The number of halogens is 2. The van der Waals surface area contributed by atoms with E-state index in [4.69, 9.17) is 16.0 Å². The van der Waals surface area contributed by atoms with E-state index in [1.165, 1.54) is 12.1 Å². The number of aromatic nitrogens is 4. The van der Waals surface area contributed by atoms with E-state index in [1.54, 1.807) is 25.1 Å². The first-order chi connectivity index (χ1) is 17.2. The van der Waals surface area contributed by atoms with Crippen molar-refractivity contribution in [3.05, 3.63) is 91.0 Å². The molecule has 5 aromatic rings. The zero-order chi connectivity index (χ0) is 25.6. The smallest absolute Gasteiger partial charge is 0.439 e. The van der Waals surface area contributed by atoms with Crippen molar-refractivity contribution in [1.29, 1.82) is 0 Å². The number of hydrogen-bond donors (Lipinski definition) is 2. The Labute approximate surface area is 208 Å². The van der Waals surface area contributed by atoms with Crippen LogP contribution in [0.4, 0.5) is 10.1 Å². The molecule has 0 aliphatic carbocycles. The van der Waals surface area contributed by atoms with Gasteiger partial charge in [0, 0.05) is 11.1 Å². The highest BCUT2D eigenvalue weighted by Gasteiger charge is 2.21. The molecule has 0 fully saturated rings. The van der Waals surface area contributed by atoms with Crippen LogP contribution in [-0.2, 0) is 0 Å². The van der Waals surface area contributed by atoms with E-state index in [0.717, 1.165) is 11.8 Å². The second kappa shape index (κ2) is 9.04. The van der Waals surface area contributed by atoms with Gasteiger partial charge >= 0.3 is 5.76 Å². The van der Waals surface area contributed by atoms with Crippen LogP contribution in [0.25, 0.3) is 33.9 Å². The standard InChI is InChI=1S/C25H19ClFN5O4/c1-11-8-15(13(3)29-17-6-7-19(26)30-20(17)24-31-25(34)36-32-24)23-16(9-11)21(33)12(2)22(35-23)18-5-4-14(27)10-28-18/h4-10,13,29H,1-3H3,(H,31,32,34)/t13-/m1/s1. The number of pyridine rings is 2. The molecule has 1 atom stereocenters. The zero-order valence-corrected chi connectivity index (χ0v) is 20.1. The molecule has 0 amide bonds. The Morgan fingerprint density at radius 1 is 1.14 bits per heavy atom. The summed E-state index contributed by atoms with van der Waals surface area (Å²) in [6, 6.07) is 9.28. The first kappa shape index (κ1) is 23.4. The second-order valence-electron chi connectivity index (χ2n) is 8.32. The minimum atomic E-state index is -0.727. The van der Waals surface area contributed by atoms with E-state index in [9.17, 15) is 14.0 Å². The van der Waals surface area contributed by atoms with Crippen LogP contribution in [0.5, 0.6) is 0 Å². The van der Waals surface area contributed by atoms with Gasteiger partial charge in [-0.2, -0.15) is 0 Å². The summed E-state index contributed by atoms with van der Waals surface area (Å²) in [6.45, 7) is 5.42. The molecule has 4 aromatic heterocycles. The summed E-state index contributed by atoms with van der Waals surface area (Å²) in [5, 5.41) is 7.65. The van der Waals surface area contributed by atoms with Crippen LogP contribution in [0.15, 0.2) is 61.1 Å². The van der Waals surface area contributed by atoms with Gasteiger partial charge in [0.15, 0.2) is 11.2 Å².